The van der Waals surface area contributed by atoms with Crippen LogP contribution in [0.4, 0.5) is 26.3 Å². The lowest BCUT2D eigenvalue weighted by Crippen LogP contribution is -2.29. The molecular weight excluding hydrogens is 411 g/mol. The minimum atomic E-state index is -4.39. The van der Waals surface area contributed by atoms with Gasteiger partial charge in [0.2, 0.25) is 0 Å². The molecule has 0 atom stereocenters. The maximum absolute atomic E-state index is 12.4. The van der Waals surface area contributed by atoms with Crippen LogP contribution < -0.4 is 5.46 Å². The first-order chi connectivity index (χ1) is 13.9. The van der Waals surface area contributed by atoms with Crippen LogP contribution in [0.1, 0.15) is 16.8 Å². The van der Waals surface area contributed by atoms with E-state index < -0.39 is 30.6 Å². The number of nitrogens with zero attached hydrogens (tertiary/aromatic N) is 1. The molecule has 1 aromatic heterocycles. The molecule has 0 aliphatic heterocycles. The summed E-state index contributed by atoms with van der Waals surface area (Å²) in [4.78, 5) is 4.10. The second kappa shape index (κ2) is 9.31. The monoisotopic (exact) mass is 427 g/mol. The van der Waals surface area contributed by atoms with E-state index in [4.69, 9.17) is 10.0 Å². The summed E-state index contributed by atoms with van der Waals surface area (Å²) < 4.78 is 73.1. The molecule has 0 saturated carbocycles. The quantitative estimate of drug-likeness (QED) is 0.469. The molecule has 0 radical (unpaired) electrons. The third-order valence-electron chi connectivity index (χ3n) is 3.99. The van der Waals surface area contributed by atoms with Crippen LogP contribution in [0.25, 0.3) is 11.1 Å². The zero-order valence-electron chi connectivity index (χ0n) is 15.5. The molecule has 1 heterocycles. The second-order valence-corrected chi connectivity index (χ2v) is 6.26. The van der Waals surface area contributed by atoms with Crippen molar-refractivity contribution in [1.82, 2.24) is 4.98 Å². The average Bonchev–Trinajstić information content (AvgIpc) is 2.68. The predicted octanol–water partition coefficient (Wildman–Crippen LogP) is 4.46. The Balaban J connectivity index is 0.000000222. The summed E-state index contributed by atoms with van der Waals surface area (Å²) in [6.07, 6.45) is -7.03. The van der Waals surface area contributed by atoms with E-state index in [0.717, 1.165) is 53.2 Å². The molecule has 30 heavy (non-hydrogen) atoms. The van der Waals surface area contributed by atoms with Gasteiger partial charge in [-0.3, -0.25) is 4.98 Å². The molecule has 3 rings (SSSR count). The van der Waals surface area contributed by atoms with E-state index in [-0.39, 0.29) is 5.46 Å². The van der Waals surface area contributed by atoms with E-state index in [2.05, 4.69) is 4.98 Å². The van der Waals surface area contributed by atoms with Gasteiger partial charge < -0.3 is 10.0 Å². The third kappa shape index (κ3) is 6.60. The Kier molecular flexibility index (Phi) is 7.27. The van der Waals surface area contributed by atoms with Crippen LogP contribution in [0.3, 0.4) is 0 Å². The molecule has 0 spiro atoms. The molecule has 158 valence electrons. The van der Waals surface area contributed by atoms with Gasteiger partial charge in [-0.25, -0.2) is 0 Å². The highest BCUT2D eigenvalue weighted by Crippen LogP contribution is 2.31. The molecular formula is C20H16BF6NO2. The molecule has 0 unspecified atom stereocenters. The molecule has 3 nitrogen and oxygen atoms in total. The molecule has 0 aliphatic rings. The SMILES string of the molecule is Cc1ccc(-c2ccc(C(F)(F)F)cc2)cn1.OB(O)c1ccc(C(F)(F)F)cc1. The van der Waals surface area contributed by atoms with Gasteiger partial charge in [0, 0.05) is 17.5 Å². The van der Waals surface area contributed by atoms with Crippen LogP contribution in [0, 0.1) is 6.92 Å². The molecule has 0 saturated heterocycles. The molecule has 10 heteroatoms. The topological polar surface area (TPSA) is 53.4 Å². The van der Waals surface area contributed by atoms with Gasteiger partial charge in [0.05, 0.1) is 11.1 Å². The van der Waals surface area contributed by atoms with Crippen molar-refractivity contribution >= 4 is 12.6 Å². The minimum Gasteiger partial charge on any atom is -0.423 e. The van der Waals surface area contributed by atoms with Crippen molar-refractivity contribution in [3.63, 3.8) is 0 Å². The van der Waals surface area contributed by atoms with Crippen LogP contribution in [-0.4, -0.2) is 22.2 Å². The number of alkyl halides is 6. The molecule has 0 bridgehead atoms. The van der Waals surface area contributed by atoms with Gasteiger partial charge in [-0.05, 0) is 36.1 Å². The first-order valence-electron chi connectivity index (χ1n) is 8.51. The van der Waals surface area contributed by atoms with Gasteiger partial charge in [-0.2, -0.15) is 26.3 Å². The van der Waals surface area contributed by atoms with Crippen molar-refractivity contribution in [3.05, 3.63) is 83.7 Å². The number of hydrogen-bond donors (Lipinski definition) is 2. The van der Waals surface area contributed by atoms with E-state index in [9.17, 15) is 26.3 Å². The van der Waals surface area contributed by atoms with Gasteiger partial charge in [-0.15, -0.1) is 0 Å². The summed E-state index contributed by atoms with van der Waals surface area (Å²) in [6.45, 7) is 1.86. The Bertz CT molecular complexity index is 938. The fraction of sp³-hybridized carbons (Fsp3) is 0.150. The standard InChI is InChI=1S/C13H10F3N.C7H6BF3O2/c1-9-2-3-11(8-17-9)10-4-6-12(7-5-10)13(14,15)16;9-7(10,11)5-1-3-6(4-2-5)8(12)13/h2-8H,1H3;1-4,12-13H. The zero-order valence-corrected chi connectivity index (χ0v) is 15.5. The smallest absolute Gasteiger partial charge is 0.423 e. The van der Waals surface area contributed by atoms with Crippen molar-refractivity contribution in [2.45, 2.75) is 19.3 Å². The lowest BCUT2D eigenvalue weighted by molar-refractivity contribution is -0.138. The van der Waals surface area contributed by atoms with Gasteiger partial charge in [0.1, 0.15) is 0 Å². The fourth-order valence-electron chi connectivity index (χ4n) is 2.33. The number of pyridine rings is 1. The zero-order chi connectivity index (χ0) is 22.5. The molecule has 2 N–H and O–H groups in total. The highest BCUT2D eigenvalue weighted by molar-refractivity contribution is 6.58. The lowest BCUT2D eigenvalue weighted by Gasteiger charge is -2.07. The summed E-state index contributed by atoms with van der Waals surface area (Å²) in [5, 5.41) is 17.2. The molecule has 0 amide bonds. The molecule has 2 aromatic carbocycles. The maximum Gasteiger partial charge on any atom is 0.488 e. The van der Waals surface area contributed by atoms with Crippen LogP contribution in [-0.2, 0) is 12.4 Å². The summed E-state index contributed by atoms with van der Waals surface area (Å²) in [6, 6.07) is 12.4. The van der Waals surface area contributed by atoms with Gasteiger partial charge in [0.15, 0.2) is 0 Å². The molecule has 3 aromatic rings. The van der Waals surface area contributed by atoms with E-state index in [1.165, 1.54) is 12.1 Å². The number of rotatable bonds is 2. The largest absolute Gasteiger partial charge is 0.488 e. The Hall–Kier alpha value is -2.85. The summed E-state index contributed by atoms with van der Waals surface area (Å²) in [7, 11) is -1.73. The van der Waals surface area contributed by atoms with E-state index in [0.29, 0.717) is 0 Å². The predicted molar refractivity (Wildman–Crippen MR) is 101 cm³/mol. The van der Waals surface area contributed by atoms with Crippen molar-refractivity contribution in [2.24, 2.45) is 0 Å². The summed E-state index contributed by atoms with van der Waals surface area (Å²) >= 11 is 0. The van der Waals surface area contributed by atoms with Gasteiger partial charge in [-0.1, -0.05) is 42.5 Å². The molecule has 0 aliphatic carbocycles. The number of hydrogen-bond acceptors (Lipinski definition) is 3. The van der Waals surface area contributed by atoms with E-state index in [1.54, 1.807) is 6.20 Å². The fourth-order valence-corrected chi connectivity index (χ4v) is 2.33. The Morgan fingerprint density at radius 1 is 0.667 bits per heavy atom. The van der Waals surface area contributed by atoms with Crippen LogP contribution >= 0.6 is 0 Å². The maximum atomic E-state index is 12.4. The first-order valence-corrected chi connectivity index (χ1v) is 8.51. The second-order valence-electron chi connectivity index (χ2n) is 6.26. The van der Waals surface area contributed by atoms with Crippen LogP contribution in [0.5, 0.6) is 0 Å². The normalized spacial score (nSPS) is 11.5. The van der Waals surface area contributed by atoms with Crippen LogP contribution in [0.15, 0.2) is 66.9 Å². The minimum absolute atomic E-state index is 0.0352. The summed E-state index contributed by atoms with van der Waals surface area (Å²) in [5.74, 6) is 0. The lowest BCUT2D eigenvalue weighted by atomic mass is 9.80. The first kappa shape index (κ1) is 23.4. The average molecular weight is 427 g/mol. The van der Waals surface area contributed by atoms with Gasteiger partial charge in [0.25, 0.3) is 0 Å². The van der Waals surface area contributed by atoms with Crippen molar-refractivity contribution in [1.29, 1.82) is 0 Å². The number of aromatic nitrogens is 1. The highest BCUT2D eigenvalue weighted by atomic mass is 19.4. The Morgan fingerprint density at radius 3 is 1.47 bits per heavy atom. The van der Waals surface area contributed by atoms with E-state index >= 15 is 0 Å². The van der Waals surface area contributed by atoms with E-state index in [1.807, 2.05) is 19.1 Å². The molecule has 0 fully saturated rings. The van der Waals surface area contributed by atoms with Crippen molar-refractivity contribution in [3.8, 4) is 11.1 Å². The Labute approximate surface area is 168 Å². The Morgan fingerprint density at radius 2 is 1.10 bits per heavy atom. The van der Waals surface area contributed by atoms with Crippen molar-refractivity contribution in [2.75, 3.05) is 0 Å². The summed E-state index contributed by atoms with van der Waals surface area (Å²) in [5.41, 5.74) is 1.00. The van der Waals surface area contributed by atoms with Crippen LogP contribution in [0.2, 0.25) is 0 Å². The number of halogens is 6. The number of benzene rings is 2. The highest BCUT2D eigenvalue weighted by Gasteiger charge is 2.30. The van der Waals surface area contributed by atoms with Crippen molar-refractivity contribution < 1.29 is 36.4 Å². The van der Waals surface area contributed by atoms with Gasteiger partial charge >= 0.3 is 19.5 Å². The number of aryl methyl sites for hydroxylation is 1. The third-order valence-corrected chi connectivity index (χ3v) is 3.99.